The highest BCUT2D eigenvalue weighted by molar-refractivity contribution is 8.00. The molecule has 116 valence electrons. The number of nitrogens with zero attached hydrogens (tertiary/aromatic N) is 2. The number of hydrogen-bond donors (Lipinski definition) is 1. The van der Waals surface area contributed by atoms with Crippen LogP contribution in [0.5, 0.6) is 0 Å². The van der Waals surface area contributed by atoms with Crippen molar-refractivity contribution in [3.05, 3.63) is 58.8 Å². The van der Waals surface area contributed by atoms with Gasteiger partial charge in [0.2, 0.25) is 5.91 Å². The van der Waals surface area contributed by atoms with Crippen LogP contribution in [0, 0.1) is 0 Å². The van der Waals surface area contributed by atoms with Crippen molar-refractivity contribution in [2.45, 2.75) is 5.03 Å². The van der Waals surface area contributed by atoms with Crippen LogP contribution in [-0.4, -0.2) is 21.6 Å². The van der Waals surface area contributed by atoms with Crippen LogP contribution in [0.3, 0.4) is 0 Å². The van der Waals surface area contributed by atoms with Gasteiger partial charge in [-0.05, 0) is 24.3 Å². The molecule has 2 aromatic carbocycles. The molecule has 0 unspecified atom stereocenters. The summed E-state index contributed by atoms with van der Waals surface area (Å²) in [5.41, 5.74) is 1.35. The standard InChI is InChI=1S/C16H11Cl2N3OS/c17-10-5-6-12(18)14(7-10)21-15(22)8-23-16-11-3-1-2-4-13(11)19-9-20-16/h1-7,9H,8H2,(H,21,22). The molecule has 0 fully saturated rings. The van der Waals surface area contributed by atoms with E-state index in [4.69, 9.17) is 23.2 Å². The Morgan fingerprint density at radius 1 is 1.13 bits per heavy atom. The Kier molecular flexibility index (Phi) is 5.00. The number of carbonyl (C=O) groups excluding carboxylic acids is 1. The summed E-state index contributed by atoms with van der Waals surface area (Å²) in [5.74, 6) is 0.0333. The molecule has 1 aromatic heterocycles. The Morgan fingerprint density at radius 3 is 2.83 bits per heavy atom. The van der Waals surface area contributed by atoms with E-state index in [9.17, 15) is 4.79 Å². The fourth-order valence-corrected chi connectivity index (χ4v) is 3.14. The molecule has 4 nitrogen and oxygen atoms in total. The predicted molar refractivity (Wildman–Crippen MR) is 95.4 cm³/mol. The van der Waals surface area contributed by atoms with Crippen molar-refractivity contribution in [3.63, 3.8) is 0 Å². The monoisotopic (exact) mass is 363 g/mol. The van der Waals surface area contributed by atoms with Gasteiger partial charge in [-0.25, -0.2) is 9.97 Å². The zero-order chi connectivity index (χ0) is 16.2. The van der Waals surface area contributed by atoms with Gasteiger partial charge in [-0.15, -0.1) is 0 Å². The number of fused-ring (bicyclic) bond motifs is 1. The summed E-state index contributed by atoms with van der Waals surface area (Å²) in [6.07, 6.45) is 1.50. The molecule has 0 radical (unpaired) electrons. The van der Waals surface area contributed by atoms with Gasteiger partial charge in [-0.2, -0.15) is 0 Å². The Morgan fingerprint density at radius 2 is 1.96 bits per heavy atom. The largest absolute Gasteiger partial charge is 0.324 e. The number of thioether (sulfide) groups is 1. The maximum absolute atomic E-state index is 12.1. The average molecular weight is 364 g/mol. The number of anilines is 1. The molecule has 0 aliphatic rings. The number of benzene rings is 2. The molecule has 0 saturated heterocycles. The lowest BCUT2D eigenvalue weighted by Gasteiger charge is -2.08. The van der Waals surface area contributed by atoms with Gasteiger partial charge in [-0.1, -0.05) is 53.2 Å². The van der Waals surface area contributed by atoms with Crippen LogP contribution in [-0.2, 0) is 4.79 Å². The van der Waals surface area contributed by atoms with Gasteiger partial charge < -0.3 is 5.32 Å². The first-order valence-electron chi connectivity index (χ1n) is 6.71. The van der Waals surface area contributed by atoms with Crippen LogP contribution in [0.4, 0.5) is 5.69 Å². The number of aromatic nitrogens is 2. The van der Waals surface area contributed by atoms with E-state index in [-0.39, 0.29) is 11.7 Å². The molecule has 0 spiro atoms. The fraction of sp³-hybridized carbons (Fsp3) is 0.0625. The lowest BCUT2D eigenvalue weighted by atomic mass is 10.2. The fourth-order valence-electron chi connectivity index (χ4n) is 2.01. The highest BCUT2D eigenvalue weighted by atomic mass is 35.5. The Balaban J connectivity index is 1.70. The molecule has 0 atom stereocenters. The second-order valence-electron chi connectivity index (χ2n) is 4.66. The molecule has 0 aliphatic carbocycles. The van der Waals surface area contributed by atoms with E-state index in [1.54, 1.807) is 18.2 Å². The third kappa shape index (κ3) is 3.93. The number of nitrogens with one attached hydrogen (secondary N) is 1. The van der Waals surface area contributed by atoms with Gasteiger partial charge >= 0.3 is 0 Å². The molecule has 23 heavy (non-hydrogen) atoms. The second-order valence-corrected chi connectivity index (χ2v) is 6.46. The van der Waals surface area contributed by atoms with E-state index >= 15 is 0 Å². The van der Waals surface area contributed by atoms with Gasteiger partial charge in [0.25, 0.3) is 0 Å². The maximum atomic E-state index is 12.1. The lowest BCUT2D eigenvalue weighted by Crippen LogP contribution is -2.14. The molecule has 7 heteroatoms. The summed E-state index contributed by atoms with van der Waals surface area (Å²) in [4.78, 5) is 20.6. The zero-order valence-corrected chi connectivity index (χ0v) is 14.1. The summed E-state index contributed by atoms with van der Waals surface area (Å²) in [7, 11) is 0. The Hall–Kier alpha value is -1.82. The first kappa shape index (κ1) is 16.1. The van der Waals surface area contributed by atoms with Crippen LogP contribution in [0.15, 0.2) is 53.8 Å². The number of rotatable bonds is 4. The molecule has 0 bridgehead atoms. The highest BCUT2D eigenvalue weighted by Crippen LogP contribution is 2.27. The summed E-state index contributed by atoms with van der Waals surface area (Å²) in [6.45, 7) is 0. The van der Waals surface area contributed by atoms with E-state index in [0.29, 0.717) is 15.7 Å². The Bertz CT molecular complexity index is 868. The van der Waals surface area contributed by atoms with Crippen molar-refractivity contribution < 1.29 is 4.79 Å². The highest BCUT2D eigenvalue weighted by Gasteiger charge is 2.10. The molecule has 3 rings (SSSR count). The van der Waals surface area contributed by atoms with E-state index in [1.807, 2.05) is 24.3 Å². The van der Waals surface area contributed by atoms with E-state index in [0.717, 1.165) is 15.9 Å². The van der Waals surface area contributed by atoms with Crippen LogP contribution in [0.2, 0.25) is 10.0 Å². The van der Waals surface area contributed by atoms with Crippen molar-refractivity contribution in [1.29, 1.82) is 0 Å². The van der Waals surface area contributed by atoms with Crippen molar-refractivity contribution in [3.8, 4) is 0 Å². The molecule has 1 heterocycles. The first-order chi connectivity index (χ1) is 11.1. The minimum atomic E-state index is -0.179. The summed E-state index contributed by atoms with van der Waals surface area (Å²) in [6, 6.07) is 12.6. The summed E-state index contributed by atoms with van der Waals surface area (Å²) < 4.78 is 0. The smallest absolute Gasteiger partial charge is 0.234 e. The number of halogens is 2. The van der Waals surface area contributed by atoms with Crippen molar-refractivity contribution >= 4 is 57.5 Å². The molecule has 0 aliphatic heterocycles. The lowest BCUT2D eigenvalue weighted by molar-refractivity contribution is -0.113. The number of carbonyl (C=O) groups is 1. The third-order valence-corrected chi connectivity index (χ3v) is 4.62. The van der Waals surface area contributed by atoms with Crippen LogP contribution >= 0.6 is 35.0 Å². The molecule has 1 N–H and O–H groups in total. The van der Waals surface area contributed by atoms with Gasteiger partial charge in [0.1, 0.15) is 11.4 Å². The quantitative estimate of drug-likeness (QED) is 0.540. The van der Waals surface area contributed by atoms with Crippen molar-refractivity contribution in [2.75, 3.05) is 11.1 Å². The van der Waals surface area contributed by atoms with Crippen LogP contribution in [0.1, 0.15) is 0 Å². The average Bonchev–Trinajstić information content (AvgIpc) is 2.56. The van der Waals surface area contributed by atoms with E-state index < -0.39 is 0 Å². The molecular formula is C16H11Cl2N3OS. The van der Waals surface area contributed by atoms with Gasteiger partial charge in [0, 0.05) is 10.4 Å². The molecule has 0 saturated carbocycles. The second kappa shape index (κ2) is 7.17. The molecule has 3 aromatic rings. The van der Waals surface area contributed by atoms with Gasteiger partial charge in [0.05, 0.1) is 22.0 Å². The maximum Gasteiger partial charge on any atom is 0.234 e. The predicted octanol–water partition coefficient (Wildman–Crippen LogP) is 4.67. The number of para-hydroxylation sites is 1. The number of hydrogen-bond acceptors (Lipinski definition) is 4. The zero-order valence-electron chi connectivity index (χ0n) is 11.8. The molecule has 1 amide bonds. The van der Waals surface area contributed by atoms with E-state index in [1.165, 1.54) is 18.1 Å². The SMILES string of the molecule is O=C(CSc1ncnc2ccccc12)Nc1cc(Cl)ccc1Cl. The summed E-state index contributed by atoms with van der Waals surface area (Å²) in [5, 5.41) is 5.40. The minimum Gasteiger partial charge on any atom is -0.324 e. The van der Waals surface area contributed by atoms with Crippen LogP contribution in [0.25, 0.3) is 10.9 Å². The summed E-state index contributed by atoms with van der Waals surface area (Å²) >= 11 is 13.3. The normalized spacial score (nSPS) is 10.7. The van der Waals surface area contributed by atoms with Gasteiger partial charge in [-0.3, -0.25) is 4.79 Å². The first-order valence-corrected chi connectivity index (χ1v) is 8.45. The molecular weight excluding hydrogens is 353 g/mol. The third-order valence-electron chi connectivity index (χ3n) is 3.05. The van der Waals surface area contributed by atoms with Crippen molar-refractivity contribution in [1.82, 2.24) is 9.97 Å². The topological polar surface area (TPSA) is 54.9 Å². The van der Waals surface area contributed by atoms with Gasteiger partial charge in [0.15, 0.2) is 0 Å². The minimum absolute atomic E-state index is 0.179. The Labute approximate surface area is 147 Å². The van der Waals surface area contributed by atoms with Crippen molar-refractivity contribution in [2.24, 2.45) is 0 Å². The van der Waals surface area contributed by atoms with E-state index in [2.05, 4.69) is 15.3 Å². The van der Waals surface area contributed by atoms with Crippen LogP contribution < -0.4 is 5.32 Å². The number of amides is 1.